The Hall–Kier alpha value is -2.36. The first-order valence-electron chi connectivity index (χ1n) is 7.97. The van der Waals surface area contributed by atoms with Crippen molar-refractivity contribution in [3.63, 3.8) is 0 Å². The molecule has 2 N–H and O–H groups in total. The molecule has 0 fully saturated rings. The van der Waals surface area contributed by atoms with E-state index in [1.54, 1.807) is 6.20 Å². The predicted molar refractivity (Wildman–Crippen MR) is 95.8 cm³/mol. The molecule has 4 heteroatoms. The van der Waals surface area contributed by atoms with Gasteiger partial charge in [0.05, 0.1) is 0 Å². The molecule has 0 spiro atoms. The summed E-state index contributed by atoms with van der Waals surface area (Å²) in [5.74, 6) is 0.926. The van der Waals surface area contributed by atoms with Crippen molar-refractivity contribution in [2.24, 2.45) is 0 Å². The number of hydrogen-bond donors (Lipinski definition) is 1. The van der Waals surface area contributed by atoms with E-state index in [1.807, 2.05) is 54.7 Å². The van der Waals surface area contributed by atoms with Crippen molar-refractivity contribution in [3.8, 4) is 5.75 Å². The third-order valence-electron chi connectivity index (χ3n) is 3.75. The molecule has 0 saturated carbocycles. The summed E-state index contributed by atoms with van der Waals surface area (Å²) in [6.45, 7) is 2.31. The van der Waals surface area contributed by atoms with Gasteiger partial charge in [0.2, 0.25) is 0 Å². The monoisotopic (exact) mass is 339 g/mol. The number of benzene rings is 2. The first-order valence-corrected chi connectivity index (χ1v) is 8.35. The minimum absolute atomic E-state index is 0.538. The molecule has 1 heterocycles. The van der Waals surface area contributed by atoms with Gasteiger partial charge in [0.25, 0.3) is 0 Å². The molecule has 122 valence electrons. The molecule has 0 amide bonds. The largest absolute Gasteiger partial charge is 0.488 e. The van der Waals surface area contributed by atoms with E-state index in [2.05, 4.69) is 22.4 Å². The Morgan fingerprint density at radius 3 is 2.50 bits per heavy atom. The molecule has 1 aromatic heterocycles. The van der Waals surface area contributed by atoms with Crippen molar-refractivity contribution < 1.29 is 10.1 Å². The number of pyridine rings is 1. The van der Waals surface area contributed by atoms with Crippen LogP contribution in [0.5, 0.6) is 5.75 Å². The molecule has 3 rings (SSSR count). The summed E-state index contributed by atoms with van der Waals surface area (Å²) in [6.07, 6.45) is 3.70. The normalized spacial score (nSPS) is 10.5. The van der Waals surface area contributed by atoms with Gasteiger partial charge in [-0.25, -0.2) is 0 Å². The van der Waals surface area contributed by atoms with Crippen LogP contribution >= 0.6 is 11.6 Å². The Labute approximate surface area is 147 Å². The summed E-state index contributed by atoms with van der Waals surface area (Å²) in [4.78, 5) is 4.14. The van der Waals surface area contributed by atoms with Crippen molar-refractivity contribution >= 4 is 11.6 Å². The van der Waals surface area contributed by atoms with Crippen LogP contribution in [0.15, 0.2) is 73.1 Å². The lowest BCUT2D eigenvalue weighted by molar-refractivity contribution is -0.686. The molecule has 0 saturated heterocycles. The highest BCUT2D eigenvalue weighted by molar-refractivity contribution is 6.30. The van der Waals surface area contributed by atoms with Gasteiger partial charge >= 0.3 is 0 Å². The Kier molecular flexibility index (Phi) is 5.83. The Morgan fingerprint density at radius 1 is 0.875 bits per heavy atom. The van der Waals surface area contributed by atoms with Gasteiger partial charge in [0.15, 0.2) is 0 Å². The summed E-state index contributed by atoms with van der Waals surface area (Å²) in [5, 5.41) is 2.99. The smallest absolute Gasteiger partial charge is 0.128 e. The lowest BCUT2D eigenvalue weighted by Crippen LogP contribution is -2.80. The average Bonchev–Trinajstić information content (AvgIpc) is 2.63. The summed E-state index contributed by atoms with van der Waals surface area (Å²) in [7, 11) is 0. The number of rotatable bonds is 7. The number of para-hydroxylation sites is 1. The molecule has 2 aromatic carbocycles. The van der Waals surface area contributed by atoms with E-state index >= 15 is 0 Å². The molecule has 0 aliphatic rings. The van der Waals surface area contributed by atoms with E-state index in [4.69, 9.17) is 16.3 Å². The van der Waals surface area contributed by atoms with Crippen LogP contribution in [0.25, 0.3) is 0 Å². The minimum Gasteiger partial charge on any atom is -0.488 e. The van der Waals surface area contributed by atoms with Crippen molar-refractivity contribution in [2.45, 2.75) is 19.7 Å². The molecule has 0 radical (unpaired) electrons. The zero-order valence-corrected chi connectivity index (χ0v) is 14.1. The summed E-state index contributed by atoms with van der Waals surface area (Å²) >= 11 is 5.91. The third kappa shape index (κ3) is 4.82. The molecule has 3 nitrogen and oxygen atoms in total. The standard InChI is InChI=1S/C20H19ClN2O/c21-19-9-7-16(8-10-19)15-24-20-6-2-1-5-18(20)14-23-13-17-4-3-11-22-12-17/h1-12,23H,13-15H2/p+1. The topological polar surface area (TPSA) is 38.7 Å². The van der Waals surface area contributed by atoms with E-state index in [9.17, 15) is 0 Å². The van der Waals surface area contributed by atoms with Crippen molar-refractivity contribution in [1.82, 2.24) is 4.98 Å². The fourth-order valence-corrected chi connectivity index (χ4v) is 2.59. The first kappa shape index (κ1) is 16.5. The third-order valence-corrected chi connectivity index (χ3v) is 4.00. The Morgan fingerprint density at radius 2 is 1.71 bits per heavy atom. The van der Waals surface area contributed by atoms with Crippen molar-refractivity contribution in [3.05, 3.63) is 94.8 Å². The quantitative estimate of drug-likeness (QED) is 0.714. The van der Waals surface area contributed by atoms with E-state index in [1.165, 1.54) is 11.1 Å². The zero-order chi connectivity index (χ0) is 16.6. The Balaban J connectivity index is 1.57. The SMILES string of the molecule is Clc1ccc(COc2ccccc2C[NH2+]Cc2cccnc2)cc1. The van der Waals surface area contributed by atoms with E-state index in [-0.39, 0.29) is 0 Å². The van der Waals surface area contributed by atoms with E-state index in [0.29, 0.717) is 6.61 Å². The van der Waals surface area contributed by atoms with Gasteiger partial charge in [-0.05, 0) is 35.9 Å². The van der Waals surface area contributed by atoms with E-state index in [0.717, 1.165) is 29.4 Å². The Bertz CT molecular complexity index is 760. The summed E-state index contributed by atoms with van der Waals surface area (Å²) in [6, 6.07) is 20.0. The molecule has 0 atom stereocenters. The highest BCUT2D eigenvalue weighted by Crippen LogP contribution is 2.19. The second-order valence-electron chi connectivity index (χ2n) is 5.58. The number of aromatic nitrogens is 1. The lowest BCUT2D eigenvalue weighted by Gasteiger charge is -2.11. The summed E-state index contributed by atoms with van der Waals surface area (Å²) < 4.78 is 5.99. The fourth-order valence-electron chi connectivity index (χ4n) is 2.47. The van der Waals surface area contributed by atoms with Gasteiger partial charge in [-0.15, -0.1) is 0 Å². The zero-order valence-electron chi connectivity index (χ0n) is 13.4. The maximum absolute atomic E-state index is 5.99. The second kappa shape index (κ2) is 8.48. The van der Waals surface area contributed by atoms with Gasteiger partial charge < -0.3 is 10.1 Å². The van der Waals surface area contributed by atoms with Crippen LogP contribution in [-0.2, 0) is 19.7 Å². The summed E-state index contributed by atoms with van der Waals surface area (Å²) in [5.41, 5.74) is 3.51. The number of ether oxygens (including phenoxy) is 1. The number of nitrogens with two attached hydrogens (primary N) is 1. The predicted octanol–water partition coefficient (Wildman–Crippen LogP) is 3.58. The van der Waals surface area contributed by atoms with E-state index < -0.39 is 0 Å². The van der Waals surface area contributed by atoms with Gasteiger partial charge in [0.1, 0.15) is 25.4 Å². The highest BCUT2D eigenvalue weighted by atomic mass is 35.5. The number of nitrogens with zero attached hydrogens (tertiary/aromatic N) is 1. The van der Waals surface area contributed by atoms with Gasteiger partial charge in [-0.3, -0.25) is 4.98 Å². The van der Waals surface area contributed by atoms with Gasteiger partial charge in [-0.1, -0.05) is 41.9 Å². The van der Waals surface area contributed by atoms with Gasteiger partial charge in [0, 0.05) is 28.5 Å². The molecule has 24 heavy (non-hydrogen) atoms. The number of hydrogen-bond acceptors (Lipinski definition) is 2. The molecule has 3 aromatic rings. The highest BCUT2D eigenvalue weighted by Gasteiger charge is 2.06. The molecule has 0 aliphatic heterocycles. The van der Waals surface area contributed by atoms with Crippen molar-refractivity contribution in [2.75, 3.05) is 0 Å². The minimum atomic E-state index is 0.538. The lowest BCUT2D eigenvalue weighted by atomic mass is 10.2. The van der Waals surface area contributed by atoms with Crippen LogP contribution in [-0.4, -0.2) is 4.98 Å². The van der Waals surface area contributed by atoms with Crippen LogP contribution in [0.2, 0.25) is 5.02 Å². The second-order valence-corrected chi connectivity index (χ2v) is 6.02. The maximum atomic E-state index is 5.99. The number of halogens is 1. The first-order chi connectivity index (χ1) is 11.8. The van der Waals surface area contributed by atoms with Crippen molar-refractivity contribution in [1.29, 1.82) is 0 Å². The molecule has 0 bridgehead atoms. The van der Waals surface area contributed by atoms with Gasteiger partial charge in [-0.2, -0.15) is 0 Å². The van der Waals surface area contributed by atoms with Crippen LogP contribution in [0.3, 0.4) is 0 Å². The number of quaternary nitrogens is 1. The maximum Gasteiger partial charge on any atom is 0.128 e. The van der Waals surface area contributed by atoms with Crippen LogP contribution in [0.1, 0.15) is 16.7 Å². The molecular formula is C20H20ClN2O+. The van der Waals surface area contributed by atoms with Crippen LogP contribution in [0.4, 0.5) is 0 Å². The fraction of sp³-hybridized carbons (Fsp3) is 0.150. The van der Waals surface area contributed by atoms with Crippen LogP contribution in [0, 0.1) is 0 Å². The average molecular weight is 340 g/mol. The molecule has 0 unspecified atom stereocenters. The molecular weight excluding hydrogens is 320 g/mol. The van der Waals surface area contributed by atoms with Crippen LogP contribution < -0.4 is 10.1 Å². The molecule has 0 aliphatic carbocycles.